The van der Waals surface area contributed by atoms with Gasteiger partial charge in [0.1, 0.15) is 6.54 Å². The van der Waals surface area contributed by atoms with Crippen molar-refractivity contribution in [2.75, 3.05) is 11.9 Å². The number of pyridine rings is 1. The minimum absolute atomic E-state index is 0.155. The Morgan fingerprint density at radius 1 is 1.50 bits per heavy atom. The second kappa shape index (κ2) is 5.26. The molecule has 2 aromatic heterocycles. The minimum atomic E-state index is -0.515. The first-order chi connectivity index (χ1) is 8.69. The Balaban J connectivity index is 2.12. The fourth-order valence-corrected chi connectivity index (χ4v) is 1.58. The summed E-state index contributed by atoms with van der Waals surface area (Å²) in [6, 6.07) is 5.14. The maximum atomic E-state index is 10.5. The molecule has 0 radical (unpaired) electrons. The van der Waals surface area contributed by atoms with Gasteiger partial charge in [-0.1, -0.05) is 0 Å². The average molecular weight is 247 g/mol. The molecule has 0 aliphatic rings. The minimum Gasteiger partial charge on any atom is -0.385 e. The molecule has 0 aromatic carbocycles. The van der Waals surface area contributed by atoms with Crippen LogP contribution in [0.2, 0.25) is 0 Å². The topological polar surface area (TPSA) is 85.9 Å². The maximum absolute atomic E-state index is 10.5. The van der Waals surface area contributed by atoms with Gasteiger partial charge in [-0.05, 0) is 24.0 Å². The van der Waals surface area contributed by atoms with Crippen molar-refractivity contribution >= 4 is 11.5 Å². The molecule has 0 bridgehead atoms. The molecular weight excluding hydrogens is 234 g/mol. The first kappa shape index (κ1) is 12.0. The molecule has 0 atom stereocenters. The molecule has 0 unspecified atom stereocenters. The Hall–Kier alpha value is -2.44. The third kappa shape index (κ3) is 2.82. The lowest BCUT2D eigenvalue weighted by Gasteiger charge is -2.04. The van der Waals surface area contributed by atoms with Crippen LogP contribution in [0.15, 0.2) is 30.6 Å². The Morgan fingerprint density at radius 2 is 2.33 bits per heavy atom. The van der Waals surface area contributed by atoms with Crippen LogP contribution in [-0.2, 0) is 6.54 Å². The van der Waals surface area contributed by atoms with Crippen LogP contribution in [0.25, 0.3) is 0 Å². The van der Waals surface area contributed by atoms with Crippen LogP contribution in [0.3, 0.4) is 0 Å². The standard InChI is InChI=1S/C11H13N5O2/c1-2-12-9-3-5-13-10(7-9)8-15-6-4-11(14-15)16(17)18/h3-7H,2,8H2,1H3,(H,12,13). The van der Waals surface area contributed by atoms with E-state index in [1.807, 2.05) is 19.1 Å². The summed E-state index contributed by atoms with van der Waals surface area (Å²) in [5, 5.41) is 17.5. The lowest BCUT2D eigenvalue weighted by atomic mass is 10.3. The monoisotopic (exact) mass is 247 g/mol. The zero-order chi connectivity index (χ0) is 13.0. The van der Waals surface area contributed by atoms with Gasteiger partial charge in [0.25, 0.3) is 0 Å². The molecule has 7 heteroatoms. The van der Waals surface area contributed by atoms with Crippen molar-refractivity contribution in [1.29, 1.82) is 0 Å². The molecule has 18 heavy (non-hydrogen) atoms. The van der Waals surface area contributed by atoms with E-state index >= 15 is 0 Å². The van der Waals surface area contributed by atoms with Gasteiger partial charge in [0.05, 0.1) is 23.1 Å². The maximum Gasteiger partial charge on any atom is 0.389 e. The Labute approximate surface area is 104 Å². The first-order valence-corrected chi connectivity index (χ1v) is 5.55. The Morgan fingerprint density at radius 3 is 3.00 bits per heavy atom. The van der Waals surface area contributed by atoms with Crippen molar-refractivity contribution < 1.29 is 4.92 Å². The third-order valence-corrected chi connectivity index (χ3v) is 2.34. The molecule has 2 heterocycles. The molecular formula is C11H13N5O2. The largest absolute Gasteiger partial charge is 0.389 e. The summed E-state index contributed by atoms with van der Waals surface area (Å²) in [6.45, 7) is 3.25. The lowest BCUT2D eigenvalue weighted by Crippen LogP contribution is -2.04. The van der Waals surface area contributed by atoms with Gasteiger partial charge in [-0.15, -0.1) is 0 Å². The molecule has 0 aliphatic carbocycles. The summed E-state index contributed by atoms with van der Waals surface area (Å²) in [5.74, 6) is -0.155. The van der Waals surface area contributed by atoms with Crippen molar-refractivity contribution in [2.45, 2.75) is 13.5 Å². The molecule has 1 N–H and O–H groups in total. The number of hydrogen-bond donors (Lipinski definition) is 1. The second-order valence-corrected chi connectivity index (χ2v) is 3.69. The number of rotatable bonds is 5. The Kier molecular flexibility index (Phi) is 3.52. The summed E-state index contributed by atoms with van der Waals surface area (Å²) in [6.07, 6.45) is 3.27. The van der Waals surface area contributed by atoms with Crippen molar-refractivity contribution in [2.24, 2.45) is 0 Å². The number of hydrogen-bond acceptors (Lipinski definition) is 5. The second-order valence-electron chi connectivity index (χ2n) is 3.69. The quantitative estimate of drug-likeness (QED) is 0.641. The normalized spacial score (nSPS) is 10.3. The summed E-state index contributed by atoms with van der Waals surface area (Å²) < 4.78 is 1.50. The van der Waals surface area contributed by atoms with Crippen LogP contribution in [-0.4, -0.2) is 26.2 Å². The summed E-state index contributed by atoms with van der Waals surface area (Å²) >= 11 is 0. The molecule has 2 rings (SSSR count). The highest BCUT2D eigenvalue weighted by atomic mass is 16.6. The van der Waals surface area contributed by atoms with E-state index in [1.165, 1.54) is 10.7 Å². The molecule has 0 saturated heterocycles. The summed E-state index contributed by atoms with van der Waals surface area (Å²) in [4.78, 5) is 14.2. The molecule has 7 nitrogen and oxygen atoms in total. The third-order valence-electron chi connectivity index (χ3n) is 2.34. The van der Waals surface area contributed by atoms with Gasteiger partial charge in [0.15, 0.2) is 0 Å². The van der Waals surface area contributed by atoms with Gasteiger partial charge in [-0.25, -0.2) is 0 Å². The average Bonchev–Trinajstić information content (AvgIpc) is 2.78. The highest BCUT2D eigenvalue weighted by Gasteiger charge is 2.11. The van der Waals surface area contributed by atoms with E-state index in [4.69, 9.17) is 0 Å². The SMILES string of the molecule is CCNc1ccnc(Cn2ccc([N+](=O)[O-])n2)c1. The van der Waals surface area contributed by atoms with Gasteiger partial charge in [-0.2, -0.15) is 4.68 Å². The van der Waals surface area contributed by atoms with E-state index in [9.17, 15) is 10.1 Å². The highest BCUT2D eigenvalue weighted by Crippen LogP contribution is 2.10. The number of aromatic nitrogens is 3. The Bertz CT molecular complexity index is 552. The number of anilines is 1. The van der Waals surface area contributed by atoms with Gasteiger partial charge >= 0.3 is 5.82 Å². The molecule has 0 spiro atoms. The molecule has 94 valence electrons. The van der Waals surface area contributed by atoms with Gasteiger partial charge in [0.2, 0.25) is 0 Å². The van der Waals surface area contributed by atoms with E-state index in [2.05, 4.69) is 15.4 Å². The zero-order valence-electron chi connectivity index (χ0n) is 9.91. The van der Waals surface area contributed by atoms with Crippen LogP contribution in [0.5, 0.6) is 0 Å². The number of nitro groups is 1. The van der Waals surface area contributed by atoms with Crippen molar-refractivity contribution in [3.63, 3.8) is 0 Å². The van der Waals surface area contributed by atoms with Crippen molar-refractivity contribution in [3.8, 4) is 0 Å². The van der Waals surface area contributed by atoms with Crippen LogP contribution >= 0.6 is 0 Å². The van der Waals surface area contributed by atoms with Crippen LogP contribution in [0, 0.1) is 10.1 Å². The smallest absolute Gasteiger partial charge is 0.385 e. The predicted octanol–water partition coefficient (Wildman–Crippen LogP) is 1.67. The molecule has 2 aromatic rings. The molecule has 0 fully saturated rings. The van der Waals surface area contributed by atoms with Crippen molar-refractivity contribution in [3.05, 3.63) is 46.4 Å². The van der Waals surface area contributed by atoms with E-state index in [0.717, 1.165) is 17.9 Å². The van der Waals surface area contributed by atoms with E-state index < -0.39 is 4.92 Å². The zero-order valence-corrected chi connectivity index (χ0v) is 9.91. The summed E-state index contributed by atoms with van der Waals surface area (Å²) in [7, 11) is 0. The van der Waals surface area contributed by atoms with Crippen molar-refractivity contribution in [1.82, 2.24) is 14.8 Å². The van der Waals surface area contributed by atoms with Gasteiger partial charge in [-0.3, -0.25) is 4.98 Å². The van der Waals surface area contributed by atoms with Gasteiger partial charge in [0, 0.05) is 18.4 Å². The fraction of sp³-hybridized carbons (Fsp3) is 0.273. The van der Waals surface area contributed by atoms with E-state index in [1.54, 1.807) is 12.4 Å². The lowest BCUT2D eigenvalue weighted by molar-refractivity contribution is -0.389. The van der Waals surface area contributed by atoms with E-state index in [0.29, 0.717) is 6.54 Å². The van der Waals surface area contributed by atoms with Crippen LogP contribution in [0.4, 0.5) is 11.5 Å². The highest BCUT2D eigenvalue weighted by molar-refractivity contribution is 5.42. The molecule has 0 saturated carbocycles. The fourth-order valence-electron chi connectivity index (χ4n) is 1.58. The molecule has 0 amide bonds. The predicted molar refractivity (Wildman–Crippen MR) is 66.4 cm³/mol. The number of nitrogens with one attached hydrogen (secondary N) is 1. The molecule has 0 aliphatic heterocycles. The number of nitrogens with zero attached hydrogens (tertiary/aromatic N) is 4. The summed E-state index contributed by atoms with van der Waals surface area (Å²) in [5.41, 5.74) is 1.77. The first-order valence-electron chi connectivity index (χ1n) is 5.55. The van der Waals surface area contributed by atoms with Gasteiger partial charge < -0.3 is 15.4 Å². The van der Waals surface area contributed by atoms with Crippen LogP contribution in [0.1, 0.15) is 12.6 Å². The van der Waals surface area contributed by atoms with Crippen LogP contribution < -0.4 is 5.32 Å². The van der Waals surface area contributed by atoms with E-state index in [-0.39, 0.29) is 5.82 Å².